The number of rotatable bonds is 8. The standard InChI is InChI=1S/C23H24F2N2O4S/c1-14-7-6-8-16(13-14)27-15(2)19(21(28)30-12-11-29-3)20(26-23(27)32)17-9-4-5-10-18(17)31-22(24)25/h4-10,13,20,22H,11-12H2,1-3H3,(H,26,32). The number of alkyl halides is 2. The van der Waals surface area contributed by atoms with Crippen molar-refractivity contribution < 1.29 is 27.8 Å². The first-order chi connectivity index (χ1) is 15.3. The van der Waals surface area contributed by atoms with Gasteiger partial charge in [0.05, 0.1) is 18.2 Å². The summed E-state index contributed by atoms with van der Waals surface area (Å²) in [5, 5.41) is 3.43. The largest absolute Gasteiger partial charge is 0.460 e. The first-order valence-electron chi connectivity index (χ1n) is 9.91. The van der Waals surface area contributed by atoms with Crippen LogP contribution >= 0.6 is 12.2 Å². The Morgan fingerprint density at radius 1 is 1.16 bits per heavy atom. The predicted octanol–water partition coefficient (Wildman–Crippen LogP) is 4.50. The lowest BCUT2D eigenvalue weighted by atomic mass is 9.94. The number of halogens is 2. The van der Waals surface area contributed by atoms with Crippen LogP contribution in [0.3, 0.4) is 0 Å². The van der Waals surface area contributed by atoms with E-state index in [9.17, 15) is 13.6 Å². The number of para-hydroxylation sites is 1. The number of benzene rings is 2. The molecule has 0 spiro atoms. The molecule has 0 bridgehead atoms. The zero-order valence-electron chi connectivity index (χ0n) is 17.9. The average Bonchev–Trinajstić information content (AvgIpc) is 2.73. The number of carbonyl (C=O) groups is 1. The van der Waals surface area contributed by atoms with Crippen LogP contribution in [0.1, 0.15) is 24.1 Å². The molecule has 1 heterocycles. The van der Waals surface area contributed by atoms with Gasteiger partial charge in [-0.25, -0.2) is 4.79 Å². The fraction of sp³-hybridized carbons (Fsp3) is 0.304. The number of allylic oxidation sites excluding steroid dienone is 1. The minimum atomic E-state index is -3.02. The number of aryl methyl sites for hydroxylation is 1. The Balaban J connectivity index is 2.11. The molecule has 0 radical (unpaired) electrons. The van der Waals surface area contributed by atoms with E-state index in [1.165, 1.54) is 13.2 Å². The molecule has 1 aliphatic heterocycles. The fourth-order valence-corrected chi connectivity index (χ4v) is 3.90. The van der Waals surface area contributed by atoms with Crippen molar-refractivity contribution in [2.45, 2.75) is 26.5 Å². The number of hydrogen-bond donors (Lipinski definition) is 1. The number of hydrogen-bond acceptors (Lipinski definition) is 5. The quantitative estimate of drug-likeness (QED) is 0.352. The summed E-state index contributed by atoms with van der Waals surface area (Å²) in [5.41, 5.74) is 2.88. The van der Waals surface area contributed by atoms with Crippen molar-refractivity contribution in [1.29, 1.82) is 0 Å². The smallest absolute Gasteiger partial charge is 0.387 e. The maximum Gasteiger partial charge on any atom is 0.387 e. The summed E-state index contributed by atoms with van der Waals surface area (Å²) >= 11 is 5.60. The summed E-state index contributed by atoms with van der Waals surface area (Å²) in [6.45, 7) is 0.942. The van der Waals surface area contributed by atoms with E-state index in [1.807, 2.05) is 31.2 Å². The van der Waals surface area contributed by atoms with Gasteiger partial charge < -0.3 is 19.5 Å². The van der Waals surface area contributed by atoms with Crippen LogP contribution in [0.5, 0.6) is 5.75 Å². The summed E-state index contributed by atoms with van der Waals surface area (Å²) in [6, 6.07) is 13.1. The van der Waals surface area contributed by atoms with E-state index in [-0.39, 0.29) is 24.5 Å². The van der Waals surface area contributed by atoms with Gasteiger partial charge in [0.15, 0.2) is 5.11 Å². The van der Waals surface area contributed by atoms with E-state index in [0.29, 0.717) is 16.4 Å². The summed E-state index contributed by atoms with van der Waals surface area (Å²) in [7, 11) is 1.50. The van der Waals surface area contributed by atoms with Gasteiger partial charge in [0, 0.05) is 24.1 Å². The highest BCUT2D eigenvalue weighted by atomic mass is 32.1. The van der Waals surface area contributed by atoms with Crippen LogP contribution in [0.15, 0.2) is 59.8 Å². The monoisotopic (exact) mass is 462 g/mol. The molecular weight excluding hydrogens is 438 g/mol. The Labute approximate surface area is 190 Å². The second-order valence-electron chi connectivity index (χ2n) is 7.10. The molecule has 1 N–H and O–H groups in total. The molecule has 1 unspecified atom stereocenters. The van der Waals surface area contributed by atoms with E-state index in [2.05, 4.69) is 5.32 Å². The molecule has 1 aliphatic rings. The van der Waals surface area contributed by atoms with Crippen LogP contribution in [-0.4, -0.2) is 38.0 Å². The van der Waals surface area contributed by atoms with Crippen LogP contribution < -0.4 is 15.0 Å². The molecule has 9 heteroatoms. The molecule has 0 saturated heterocycles. The van der Waals surface area contributed by atoms with Crippen molar-refractivity contribution in [1.82, 2.24) is 5.32 Å². The van der Waals surface area contributed by atoms with E-state index >= 15 is 0 Å². The molecule has 0 amide bonds. The second-order valence-corrected chi connectivity index (χ2v) is 7.49. The lowest BCUT2D eigenvalue weighted by Crippen LogP contribution is -2.48. The molecule has 0 fully saturated rings. The molecule has 0 aromatic heterocycles. The van der Waals surface area contributed by atoms with Gasteiger partial charge in [0.1, 0.15) is 12.4 Å². The number of nitrogens with zero attached hydrogens (tertiary/aromatic N) is 1. The number of anilines is 1. The highest BCUT2D eigenvalue weighted by Crippen LogP contribution is 2.38. The Hall–Kier alpha value is -3.04. The highest BCUT2D eigenvalue weighted by molar-refractivity contribution is 7.80. The lowest BCUT2D eigenvalue weighted by molar-refractivity contribution is -0.140. The topological polar surface area (TPSA) is 60.0 Å². The molecule has 170 valence electrons. The predicted molar refractivity (Wildman–Crippen MR) is 121 cm³/mol. The Kier molecular flexibility index (Phi) is 7.76. The van der Waals surface area contributed by atoms with Crippen LogP contribution in [0, 0.1) is 6.92 Å². The van der Waals surface area contributed by atoms with Crippen molar-refractivity contribution in [3.63, 3.8) is 0 Å². The normalized spacial score (nSPS) is 16.2. The molecule has 6 nitrogen and oxygen atoms in total. The second kappa shape index (κ2) is 10.5. The number of nitrogens with one attached hydrogen (secondary N) is 1. The van der Waals surface area contributed by atoms with E-state index in [4.69, 9.17) is 26.4 Å². The van der Waals surface area contributed by atoms with Gasteiger partial charge in [-0.05, 0) is 49.8 Å². The van der Waals surface area contributed by atoms with Gasteiger partial charge in [-0.1, -0.05) is 30.3 Å². The number of carbonyl (C=O) groups excluding carboxylic acids is 1. The van der Waals surface area contributed by atoms with Crippen LogP contribution in [0.25, 0.3) is 0 Å². The summed E-state index contributed by atoms with van der Waals surface area (Å²) in [6.07, 6.45) is 0. The molecule has 3 rings (SSSR count). The van der Waals surface area contributed by atoms with Gasteiger partial charge in [0.25, 0.3) is 0 Å². The zero-order valence-corrected chi connectivity index (χ0v) is 18.7. The third kappa shape index (κ3) is 5.23. The lowest BCUT2D eigenvalue weighted by Gasteiger charge is -2.38. The molecular formula is C23H24F2N2O4S. The van der Waals surface area contributed by atoms with Crippen LogP contribution in [0.2, 0.25) is 0 Å². The summed E-state index contributed by atoms with van der Waals surface area (Å²) in [5.74, 6) is -0.661. The molecule has 0 saturated carbocycles. The van der Waals surface area contributed by atoms with Crippen molar-refractivity contribution in [3.05, 3.63) is 70.9 Å². The molecule has 0 aliphatic carbocycles. The maximum absolute atomic E-state index is 13.1. The van der Waals surface area contributed by atoms with E-state index < -0.39 is 18.6 Å². The first-order valence-corrected chi connectivity index (χ1v) is 10.3. The van der Waals surface area contributed by atoms with E-state index in [1.54, 1.807) is 30.0 Å². The Morgan fingerprint density at radius 3 is 2.59 bits per heavy atom. The summed E-state index contributed by atoms with van der Waals surface area (Å²) in [4.78, 5) is 14.8. The van der Waals surface area contributed by atoms with Crippen molar-refractivity contribution in [2.75, 3.05) is 25.2 Å². The Bertz CT molecular complexity index is 1030. The molecule has 2 aromatic carbocycles. The van der Waals surface area contributed by atoms with Crippen molar-refractivity contribution in [3.8, 4) is 5.75 Å². The molecule has 1 atom stereocenters. The van der Waals surface area contributed by atoms with Gasteiger partial charge in [-0.3, -0.25) is 4.90 Å². The fourth-order valence-electron chi connectivity index (χ4n) is 3.54. The molecule has 32 heavy (non-hydrogen) atoms. The SMILES string of the molecule is COCCOC(=O)C1=C(C)N(c2cccc(C)c2)C(=S)NC1c1ccccc1OC(F)F. The first kappa shape index (κ1) is 23.6. The summed E-state index contributed by atoms with van der Waals surface area (Å²) < 4.78 is 41.1. The number of methoxy groups -OCH3 is 1. The Morgan fingerprint density at radius 2 is 1.91 bits per heavy atom. The number of thiocarbonyl (C=S) groups is 1. The molecule has 2 aromatic rings. The van der Waals surface area contributed by atoms with Crippen molar-refractivity contribution >= 4 is 29.0 Å². The van der Waals surface area contributed by atoms with Gasteiger partial charge in [0.2, 0.25) is 0 Å². The zero-order chi connectivity index (χ0) is 23.3. The minimum absolute atomic E-state index is 0.0445. The third-order valence-electron chi connectivity index (χ3n) is 4.93. The van der Waals surface area contributed by atoms with Crippen LogP contribution in [0.4, 0.5) is 14.5 Å². The van der Waals surface area contributed by atoms with Gasteiger partial charge in [-0.15, -0.1) is 0 Å². The number of esters is 1. The highest BCUT2D eigenvalue weighted by Gasteiger charge is 2.37. The van der Waals surface area contributed by atoms with E-state index in [0.717, 1.165) is 11.3 Å². The number of ether oxygens (including phenoxy) is 3. The van der Waals surface area contributed by atoms with Crippen molar-refractivity contribution in [2.24, 2.45) is 0 Å². The third-order valence-corrected chi connectivity index (χ3v) is 5.23. The van der Waals surface area contributed by atoms with Gasteiger partial charge in [-0.2, -0.15) is 8.78 Å². The van der Waals surface area contributed by atoms with Crippen LogP contribution in [-0.2, 0) is 14.3 Å². The van der Waals surface area contributed by atoms with Gasteiger partial charge >= 0.3 is 12.6 Å². The average molecular weight is 463 g/mol. The maximum atomic E-state index is 13.1. The minimum Gasteiger partial charge on any atom is -0.460 e.